The zero-order valence-corrected chi connectivity index (χ0v) is 15.6. The van der Waals surface area contributed by atoms with E-state index in [1.165, 1.54) is 23.5 Å². The van der Waals surface area contributed by atoms with Crippen molar-refractivity contribution in [2.24, 2.45) is 0 Å². The van der Waals surface area contributed by atoms with Crippen molar-refractivity contribution in [1.29, 1.82) is 0 Å². The number of imide groups is 1. The molecule has 0 aromatic heterocycles. The molecule has 7 heteroatoms. The van der Waals surface area contributed by atoms with Gasteiger partial charge in [0, 0.05) is 40.7 Å². The van der Waals surface area contributed by atoms with E-state index in [0.29, 0.717) is 34.0 Å². The SMILES string of the molecule is CN1[C@@H]2CCC[C@H]1C[C@@H](N1C(=O)c3cccc4c([N+](=O)[O-])ccc(c34)C1=O)C2. The highest BCUT2D eigenvalue weighted by molar-refractivity contribution is 6.26. The predicted molar refractivity (Wildman–Crippen MR) is 103 cm³/mol. The average molecular weight is 379 g/mol. The van der Waals surface area contributed by atoms with Crippen LogP contribution in [0.5, 0.6) is 0 Å². The summed E-state index contributed by atoms with van der Waals surface area (Å²) >= 11 is 0. The zero-order valence-electron chi connectivity index (χ0n) is 15.6. The van der Waals surface area contributed by atoms with Gasteiger partial charge >= 0.3 is 0 Å². The van der Waals surface area contributed by atoms with E-state index in [-0.39, 0.29) is 23.5 Å². The van der Waals surface area contributed by atoms with Gasteiger partial charge in [0.1, 0.15) is 0 Å². The Bertz CT molecular complexity index is 997. The minimum absolute atomic E-state index is 0.0801. The van der Waals surface area contributed by atoms with E-state index in [1.54, 1.807) is 18.2 Å². The number of hydrogen-bond acceptors (Lipinski definition) is 5. The molecule has 3 aliphatic heterocycles. The van der Waals surface area contributed by atoms with Crippen molar-refractivity contribution in [3.63, 3.8) is 0 Å². The number of carbonyl (C=O) groups excluding carboxylic acids is 2. The van der Waals surface area contributed by atoms with Crippen LogP contribution >= 0.6 is 0 Å². The van der Waals surface area contributed by atoms with Gasteiger partial charge in [0.25, 0.3) is 17.5 Å². The number of nitro benzene ring substituents is 1. The Labute approximate surface area is 162 Å². The number of piperidine rings is 2. The molecule has 2 amide bonds. The van der Waals surface area contributed by atoms with E-state index in [0.717, 1.165) is 25.7 Å². The van der Waals surface area contributed by atoms with Crippen molar-refractivity contribution in [3.05, 3.63) is 51.6 Å². The molecule has 0 saturated carbocycles. The molecule has 3 heterocycles. The van der Waals surface area contributed by atoms with Gasteiger partial charge in [-0.05, 0) is 50.9 Å². The van der Waals surface area contributed by atoms with E-state index in [9.17, 15) is 19.7 Å². The van der Waals surface area contributed by atoms with Gasteiger partial charge in [0.2, 0.25) is 0 Å². The summed E-state index contributed by atoms with van der Waals surface area (Å²) in [6.45, 7) is 0. The molecule has 28 heavy (non-hydrogen) atoms. The van der Waals surface area contributed by atoms with Crippen LogP contribution in [0.1, 0.15) is 52.8 Å². The van der Waals surface area contributed by atoms with Gasteiger partial charge in [-0.15, -0.1) is 0 Å². The highest BCUT2D eigenvalue weighted by Crippen LogP contribution is 2.40. The third-order valence-corrected chi connectivity index (χ3v) is 6.79. The molecule has 3 atom stereocenters. The molecule has 2 saturated heterocycles. The molecule has 0 unspecified atom stereocenters. The first kappa shape index (κ1) is 17.3. The van der Waals surface area contributed by atoms with Crippen LogP contribution in [0.2, 0.25) is 0 Å². The van der Waals surface area contributed by atoms with Gasteiger partial charge in [-0.25, -0.2) is 0 Å². The van der Waals surface area contributed by atoms with Gasteiger partial charge in [-0.2, -0.15) is 0 Å². The molecule has 7 nitrogen and oxygen atoms in total. The molecule has 3 aliphatic rings. The molecular weight excluding hydrogens is 358 g/mol. The molecule has 2 bridgehead atoms. The third kappa shape index (κ3) is 2.32. The van der Waals surface area contributed by atoms with Gasteiger partial charge in [0.15, 0.2) is 0 Å². The maximum Gasteiger partial charge on any atom is 0.277 e. The highest BCUT2D eigenvalue weighted by Gasteiger charge is 2.44. The largest absolute Gasteiger partial charge is 0.300 e. The summed E-state index contributed by atoms with van der Waals surface area (Å²) in [5.41, 5.74) is 0.697. The van der Waals surface area contributed by atoms with Crippen molar-refractivity contribution in [3.8, 4) is 0 Å². The fourth-order valence-corrected chi connectivity index (χ4v) is 5.39. The zero-order chi connectivity index (χ0) is 19.6. The maximum absolute atomic E-state index is 13.3. The van der Waals surface area contributed by atoms with E-state index in [4.69, 9.17) is 0 Å². The van der Waals surface area contributed by atoms with E-state index in [2.05, 4.69) is 11.9 Å². The average Bonchev–Trinajstić information content (AvgIpc) is 2.66. The van der Waals surface area contributed by atoms with Crippen molar-refractivity contribution in [2.75, 3.05) is 7.05 Å². The van der Waals surface area contributed by atoms with Crippen molar-refractivity contribution >= 4 is 28.3 Å². The number of non-ortho nitro benzene ring substituents is 1. The molecule has 0 aliphatic carbocycles. The molecular formula is C21H21N3O4. The summed E-state index contributed by atoms with van der Waals surface area (Å²) in [5, 5.41) is 12.1. The maximum atomic E-state index is 13.3. The minimum Gasteiger partial charge on any atom is -0.300 e. The lowest BCUT2D eigenvalue weighted by Gasteiger charge is -2.49. The molecule has 0 radical (unpaired) electrons. The number of carbonyl (C=O) groups is 2. The van der Waals surface area contributed by atoms with Gasteiger partial charge < -0.3 is 4.90 Å². The summed E-state index contributed by atoms with van der Waals surface area (Å²) < 4.78 is 0. The number of amides is 2. The topological polar surface area (TPSA) is 83.8 Å². The monoisotopic (exact) mass is 379 g/mol. The lowest BCUT2D eigenvalue weighted by atomic mass is 9.80. The number of hydrogen-bond donors (Lipinski definition) is 0. The van der Waals surface area contributed by atoms with Crippen molar-refractivity contribution in [2.45, 2.75) is 50.2 Å². The summed E-state index contributed by atoms with van der Waals surface area (Å²) in [6, 6.07) is 8.48. The van der Waals surface area contributed by atoms with E-state index >= 15 is 0 Å². The quantitative estimate of drug-likeness (QED) is 0.454. The van der Waals surface area contributed by atoms with Gasteiger partial charge in [-0.3, -0.25) is 24.6 Å². The predicted octanol–water partition coefficient (Wildman–Crippen LogP) is 3.36. The van der Waals surface area contributed by atoms with Crippen LogP contribution in [-0.2, 0) is 0 Å². The summed E-state index contributed by atoms with van der Waals surface area (Å²) in [5.74, 6) is -0.646. The molecule has 2 aromatic carbocycles. The Morgan fingerprint density at radius 1 is 0.964 bits per heavy atom. The first-order valence-electron chi connectivity index (χ1n) is 9.77. The molecule has 2 aromatic rings. The summed E-state index contributed by atoms with van der Waals surface area (Å²) in [6.07, 6.45) is 4.97. The van der Waals surface area contributed by atoms with E-state index in [1.807, 2.05) is 0 Å². The Balaban J connectivity index is 1.60. The summed E-state index contributed by atoms with van der Waals surface area (Å²) in [4.78, 5) is 41.4. The van der Waals surface area contributed by atoms with Crippen LogP contribution < -0.4 is 0 Å². The molecule has 5 rings (SSSR count). The minimum atomic E-state index is -0.470. The first-order chi connectivity index (χ1) is 13.5. The molecule has 144 valence electrons. The second-order valence-corrected chi connectivity index (χ2v) is 8.13. The molecule has 2 fully saturated rings. The van der Waals surface area contributed by atoms with Crippen LogP contribution in [-0.4, -0.2) is 51.7 Å². The number of rotatable bonds is 2. The third-order valence-electron chi connectivity index (χ3n) is 6.79. The van der Waals surface area contributed by atoms with Crippen LogP contribution in [0.25, 0.3) is 10.8 Å². The summed E-state index contributed by atoms with van der Waals surface area (Å²) in [7, 11) is 2.14. The lowest BCUT2D eigenvalue weighted by Crippen LogP contribution is -2.58. The van der Waals surface area contributed by atoms with Crippen LogP contribution in [0.3, 0.4) is 0 Å². The van der Waals surface area contributed by atoms with E-state index < -0.39 is 4.92 Å². The highest BCUT2D eigenvalue weighted by atomic mass is 16.6. The first-order valence-corrected chi connectivity index (χ1v) is 9.77. The number of nitro groups is 1. The molecule has 0 spiro atoms. The van der Waals surface area contributed by atoms with Crippen molar-refractivity contribution < 1.29 is 14.5 Å². The Kier molecular flexibility index (Phi) is 3.77. The number of benzene rings is 2. The van der Waals surface area contributed by atoms with Gasteiger partial charge in [0.05, 0.1) is 10.3 Å². The number of nitrogens with zero attached hydrogens (tertiary/aromatic N) is 3. The smallest absolute Gasteiger partial charge is 0.277 e. The second-order valence-electron chi connectivity index (χ2n) is 8.13. The fraction of sp³-hybridized carbons (Fsp3) is 0.429. The number of fused-ring (bicyclic) bond motifs is 2. The van der Waals surface area contributed by atoms with Crippen LogP contribution in [0.4, 0.5) is 5.69 Å². The van der Waals surface area contributed by atoms with Crippen LogP contribution in [0.15, 0.2) is 30.3 Å². The van der Waals surface area contributed by atoms with Crippen LogP contribution in [0, 0.1) is 10.1 Å². The van der Waals surface area contributed by atoms with Crippen molar-refractivity contribution in [1.82, 2.24) is 9.80 Å². The second kappa shape index (κ2) is 6.10. The van der Waals surface area contributed by atoms with Gasteiger partial charge in [-0.1, -0.05) is 12.5 Å². The molecule has 0 N–H and O–H groups in total. The lowest BCUT2D eigenvalue weighted by molar-refractivity contribution is -0.383. The Hall–Kier alpha value is -2.80. The Morgan fingerprint density at radius 3 is 2.25 bits per heavy atom. The fourth-order valence-electron chi connectivity index (χ4n) is 5.39. The standard InChI is InChI=1S/C21H21N3O4/c1-22-12-4-2-5-13(22)11-14(10-12)23-20(25)16-7-3-6-15-18(24(27)28)9-8-17(19(15)16)21(23)26/h3,6-9,12-14H,2,4-5,10-11H2,1H3/t12-,13+,14+. The Morgan fingerprint density at radius 2 is 1.61 bits per heavy atom. The normalized spacial score (nSPS) is 27.3.